The van der Waals surface area contributed by atoms with E-state index in [2.05, 4.69) is 15.4 Å². The molecule has 144 valence electrons. The summed E-state index contributed by atoms with van der Waals surface area (Å²) >= 11 is 0. The van der Waals surface area contributed by atoms with Crippen molar-refractivity contribution in [2.45, 2.75) is 38.5 Å². The largest absolute Gasteiger partial charge is 0.425 e. The second-order valence-electron chi connectivity index (χ2n) is 6.27. The van der Waals surface area contributed by atoms with E-state index < -0.39 is 29.9 Å². The monoisotopic (exact) mass is 373 g/mol. The molecule has 0 spiro atoms. The molecule has 0 saturated heterocycles. The van der Waals surface area contributed by atoms with Gasteiger partial charge < -0.3 is 15.0 Å². The second-order valence-corrected chi connectivity index (χ2v) is 6.27. The number of carbonyl (C=O) groups is 1. The lowest BCUT2D eigenvalue weighted by Crippen LogP contribution is -2.48. The number of rotatable bonds is 6. The van der Waals surface area contributed by atoms with Crippen molar-refractivity contribution in [1.82, 2.24) is 24.6 Å². The van der Waals surface area contributed by atoms with E-state index in [9.17, 15) is 23.1 Å². The Morgan fingerprint density at radius 3 is 2.42 bits per heavy atom. The van der Waals surface area contributed by atoms with Crippen LogP contribution in [0.25, 0.3) is 0 Å². The number of carbonyl (C=O) groups excluding carboxylic acids is 1. The minimum absolute atomic E-state index is 0.140. The summed E-state index contributed by atoms with van der Waals surface area (Å²) in [6.45, 7) is 3.84. The van der Waals surface area contributed by atoms with Gasteiger partial charge in [0.15, 0.2) is 5.82 Å². The molecule has 7 nitrogen and oxygen atoms in total. The van der Waals surface area contributed by atoms with Gasteiger partial charge in [0.1, 0.15) is 0 Å². The van der Waals surface area contributed by atoms with Crippen molar-refractivity contribution in [3.63, 3.8) is 0 Å². The smallest absolute Gasteiger partial charge is 0.374 e. The molecule has 1 unspecified atom stereocenters. The predicted octanol–water partition coefficient (Wildman–Crippen LogP) is 1.27. The number of aromatic nitrogens is 4. The van der Waals surface area contributed by atoms with Crippen LogP contribution >= 0.6 is 0 Å². The summed E-state index contributed by atoms with van der Waals surface area (Å²) in [5.41, 5.74) is -0.686. The number of aryl methyl sites for hydroxylation is 3. The minimum Gasteiger partial charge on any atom is -0.374 e. The predicted molar refractivity (Wildman–Crippen MR) is 87.2 cm³/mol. The number of alkyl halides is 3. The van der Waals surface area contributed by atoms with Gasteiger partial charge in [-0.15, -0.1) is 0 Å². The molecule has 2 aromatic rings. The van der Waals surface area contributed by atoms with Gasteiger partial charge in [0.2, 0.25) is 11.5 Å². The molecule has 0 bridgehead atoms. The van der Waals surface area contributed by atoms with E-state index in [4.69, 9.17) is 0 Å². The molecule has 0 saturated carbocycles. The molecule has 2 rings (SSSR count). The Hall–Kier alpha value is -2.36. The Morgan fingerprint density at radius 1 is 1.31 bits per heavy atom. The second kappa shape index (κ2) is 7.10. The molecule has 0 radical (unpaired) electrons. The number of hydrogen-bond donors (Lipinski definition) is 2. The number of hydrogen-bond acceptors (Lipinski definition) is 4. The summed E-state index contributed by atoms with van der Waals surface area (Å²) in [6, 6.07) is 0. The van der Waals surface area contributed by atoms with Gasteiger partial charge in [0.25, 0.3) is 0 Å². The molecular weight excluding hydrogens is 351 g/mol. The standard InChI is InChI=1S/C16H22F3N5O2/c1-10-12(11(2)24(4)22-10)5-6-20-13(25)9-15(26,16(17,18)19)14-21-7-8-23(14)3/h7-8,26H,5-6,9H2,1-4H3,(H,20,25). The lowest BCUT2D eigenvalue weighted by atomic mass is 9.97. The number of nitrogens with zero attached hydrogens (tertiary/aromatic N) is 4. The van der Waals surface area contributed by atoms with Crippen molar-refractivity contribution >= 4 is 5.91 Å². The van der Waals surface area contributed by atoms with Crippen LogP contribution in [0.15, 0.2) is 12.4 Å². The van der Waals surface area contributed by atoms with E-state index in [1.54, 1.807) is 11.7 Å². The molecule has 2 heterocycles. The number of aliphatic hydroxyl groups is 1. The van der Waals surface area contributed by atoms with Crippen LogP contribution in [0.2, 0.25) is 0 Å². The zero-order valence-electron chi connectivity index (χ0n) is 15.1. The molecule has 2 aromatic heterocycles. The van der Waals surface area contributed by atoms with Crippen molar-refractivity contribution in [2.24, 2.45) is 14.1 Å². The summed E-state index contributed by atoms with van der Waals surface area (Å²) in [4.78, 5) is 15.6. The maximum Gasteiger partial charge on any atom is 0.425 e. The summed E-state index contributed by atoms with van der Waals surface area (Å²) in [6.07, 6.45) is -3.35. The Balaban J connectivity index is 2.06. The van der Waals surface area contributed by atoms with Crippen molar-refractivity contribution in [3.05, 3.63) is 35.2 Å². The van der Waals surface area contributed by atoms with E-state index in [1.165, 1.54) is 13.2 Å². The quantitative estimate of drug-likeness (QED) is 0.799. The highest BCUT2D eigenvalue weighted by Gasteiger charge is 2.58. The van der Waals surface area contributed by atoms with Gasteiger partial charge in [0, 0.05) is 38.7 Å². The van der Waals surface area contributed by atoms with Crippen LogP contribution < -0.4 is 5.32 Å². The molecule has 0 aliphatic carbocycles. The number of imidazole rings is 1. The zero-order chi connectivity index (χ0) is 19.7. The summed E-state index contributed by atoms with van der Waals surface area (Å²) in [5.74, 6) is -1.54. The molecule has 0 aromatic carbocycles. The molecule has 10 heteroatoms. The highest BCUT2D eigenvalue weighted by Crippen LogP contribution is 2.40. The first-order chi connectivity index (χ1) is 12.0. The first kappa shape index (κ1) is 20.0. The van der Waals surface area contributed by atoms with E-state index in [0.29, 0.717) is 6.42 Å². The van der Waals surface area contributed by atoms with Crippen molar-refractivity contribution < 1.29 is 23.1 Å². The van der Waals surface area contributed by atoms with Crippen LogP contribution in [-0.2, 0) is 30.9 Å². The van der Waals surface area contributed by atoms with Gasteiger partial charge in [-0.2, -0.15) is 18.3 Å². The average molecular weight is 373 g/mol. The molecule has 2 N–H and O–H groups in total. The van der Waals surface area contributed by atoms with E-state index in [0.717, 1.165) is 27.7 Å². The summed E-state index contributed by atoms with van der Waals surface area (Å²) in [5, 5.41) is 16.9. The molecule has 26 heavy (non-hydrogen) atoms. The lowest BCUT2D eigenvalue weighted by molar-refractivity contribution is -0.271. The van der Waals surface area contributed by atoms with Gasteiger partial charge in [-0.3, -0.25) is 9.48 Å². The van der Waals surface area contributed by atoms with Crippen molar-refractivity contribution in [1.29, 1.82) is 0 Å². The van der Waals surface area contributed by atoms with Gasteiger partial charge in [0.05, 0.1) is 12.1 Å². The van der Waals surface area contributed by atoms with Crippen molar-refractivity contribution in [3.8, 4) is 0 Å². The van der Waals surface area contributed by atoms with E-state index in [1.807, 2.05) is 13.8 Å². The molecule has 1 amide bonds. The highest BCUT2D eigenvalue weighted by atomic mass is 19.4. The third-order valence-electron chi connectivity index (χ3n) is 4.43. The van der Waals surface area contributed by atoms with Crippen LogP contribution in [0.5, 0.6) is 0 Å². The van der Waals surface area contributed by atoms with Gasteiger partial charge in [-0.05, 0) is 25.8 Å². The number of nitrogens with one attached hydrogen (secondary N) is 1. The number of halogens is 3. The van der Waals surface area contributed by atoms with E-state index >= 15 is 0 Å². The molecular formula is C16H22F3N5O2. The average Bonchev–Trinajstić information content (AvgIpc) is 3.04. The maximum absolute atomic E-state index is 13.4. The van der Waals surface area contributed by atoms with E-state index in [-0.39, 0.29) is 6.54 Å². The van der Waals surface area contributed by atoms with Crippen LogP contribution in [0.3, 0.4) is 0 Å². The molecule has 0 aliphatic rings. The van der Waals surface area contributed by atoms with Crippen molar-refractivity contribution in [2.75, 3.05) is 6.54 Å². The third kappa shape index (κ3) is 3.74. The van der Waals surface area contributed by atoms with Crippen LogP contribution in [-0.4, -0.2) is 43.1 Å². The topological polar surface area (TPSA) is 85.0 Å². The normalized spacial score (nSPS) is 14.3. The fraction of sp³-hybridized carbons (Fsp3) is 0.562. The maximum atomic E-state index is 13.4. The first-order valence-electron chi connectivity index (χ1n) is 8.00. The number of amides is 1. The Bertz CT molecular complexity index is 796. The minimum atomic E-state index is -5.04. The van der Waals surface area contributed by atoms with Gasteiger partial charge >= 0.3 is 6.18 Å². The van der Waals surface area contributed by atoms with Gasteiger partial charge in [-0.25, -0.2) is 4.98 Å². The SMILES string of the molecule is Cc1nn(C)c(C)c1CCNC(=O)CC(O)(c1nccn1C)C(F)(F)F. The van der Waals surface area contributed by atoms with Crippen LogP contribution in [0.4, 0.5) is 13.2 Å². The Labute approximate surface area is 148 Å². The fourth-order valence-corrected chi connectivity index (χ4v) is 2.87. The van der Waals surface area contributed by atoms with Gasteiger partial charge in [-0.1, -0.05) is 0 Å². The molecule has 1 atom stereocenters. The fourth-order valence-electron chi connectivity index (χ4n) is 2.87. The third-order valence-corrected chi connectivity index (χ3v) is 4.43. The van der Waals surface area contributed by atoms with Crippen LogP contribution in [0.1, 0.15) is 29.2 Å². The Morgan fingerprint density at radius 2 is 1.96 bits per heavy atom. The highest BCUT2D eigenvalue weighted by molar-refractivity contribution is 5.77. The molecule has 0 fully saturated rings. The lowest BCUT2D eigenvalue weighted by Gasteiger charge is -2.29. The summed E-state index contributed by atoms with van der Waals surface area (Å²) in [7, 11) is 3.12. The summed E-state index contributed by atoms with van der Waals surface area (Å²) < 4.78 is 43.0. The molecule has 0 aliphatic heterocycles. The van der Waals surface area contributed by atoms with Crippen LogP contribution in [0, 0.1) is 13.8 Å². The first-order valence-corrected chi connectivity index (χ1v) is 8.00. The zero-order valence-corrected chi connectivity index (χ0v) is 15.1. The Kier molecular flexibility index (Phi) is 5.45.